The Balaban J connectivity index is 1.40. The molecule has 1 aliphatic rings. The minimum atomic E-state index is -0.249. The summed E-state index contributed by atoms with van der Waals surface area (Å²) < 4.78 is 13.7. The van der Waals surface area contributed by atoms with Crippen LogP contribution in [0, 0.1) is 5.82 Å². The lowest BCUT2D eigenvalue weighted by atomic mass is 9.97. The van der Waals surface area contributed by atoms with Gasteiger partial charge in [-0.25, -0.2) is 4.39 Å². The van der Waals surface area contributed by atoms with E-state index in [2.05, 4.69) is 26.9 Å². The first-order valence-corrected chi connectivity index (χ1v) is 11.2. The number of benzene rings is 1. The molecule has 2 N–H and O–H groups in total. The quantitative estimate of drug-likeness (QED) is 0.452. The van der Waals surface area contributed by atoms with Gasteiger partial charge in [0.1, 0.15) is 5.82 Å². The molecule has 1 amide bonds. The fourth-order valence-electron chi connectivity index (χ4n) is 2.94. The summed E-state index contributed by atoms with van der Waals surface area (Å²) in [6.45, 7) is 3.12. The highest BCUT2D eigenvalue weighted by molar-refractivity contribution is 8.02. The summed E-state index contributed by atoms with van der Waals surface area (Å²) in [6, 6.07) is 6.33. The summed E-state index contributed by atoms with van der Waals surface area (Å²) in [6.07, 6.45) is 8.14. The summed E-state index contributed by atoms with van der Waals surface area (Å²) in [7, 11) is 0. The number of halogens is 1. The van der Waals surface area contributed by atoms with Crippen LogP contribution in [0.25, 0.3) is 0 Å². The number of thioether (sulfide) groups is 1. The maximum atomic E-state index is 12.9. The Morgan fingerprint density at radius 2 is 2.11 bits per heavy atom. The Morgan fingerprint density at radius 3 is 2.86 bits per heavy atom. The van der Waals surface area contributed by atoms with Crippen LogP contribution in [-0.2, 0) is 11.3 Å². The van der Waals surface area contributed by atoms with E-state index in [1.54, 1.807) is 12.1 Å². The maximum Gasteiger partial charge on any atom is 0.233 e. The van der Waals surface area contributed by atoms with Gasteiger partial charge in [0.2, 0.25) is 11.0 Å². The van der Waals surface area contributed by atoms with Crippen molar-refractivity contribution in [2.75, 3.05) is 11.9 Å². The summed E-state index contributed by atoms with van der Waals surface area (Å²) >= 11 is 2.82. The van der Waals surface area contributed by atoms with Crippen LogP contribution in [-0.4, -0.2) is 27.9 Å². The molecule has 0 radical (unpaired) electrons. The number of amides is 1. The Morgan fingerprint density at radius 1 is 1.29 bits per heavy atom. The van der Waals surface area contributed by atoms with Crippen LogP contribution < -0.4 is 10.6 Å². The van der Waals surface area contributed by atoms with E-state index in [-0.39, 0.29) is 17.0 Å². The van der Waals surface area contributed by atoms with Crippen LogP contribution in [0.5, 0.6) is 0 Å². The van der Waals surface area contributed by atoms with Gasteiger partial charge in [-0.2, -0.15) is 0 Å². The van der Waals surface area contributed by atoms with Gasteiger partial charge in [-0.1, -0.05) is 46.9 Å². The molecular weight excluding hydrogens is 395 g/mol. The van der Waals surface area contributed by atoms with Gasteiger partial charge < -0.3 is 10.6 Å². The van der Waals surface area contributed by atoms with Gasteiger partial charge in [0.15, 0.2) is 4.34 Å². The predicted molar refractivity (Wildman–Crippen MR) is 113 cm³/mol. The molecule has 1 aliphatic carbocycles. The fourth-order valence-corrected chi connectivity index (χ4v) is 4.85. The first-order chi connectivity index (χ1) is 13.6. The standard InChI is InChI=1S/C20H25FN4OS2/c1-14(18(26)22-12-11-15-5-3-2-4-6-15)27-20-25-24-19(28-20)23-13-16-7-9-17(21)10-8-16/h5,7-10,14H,2-4,6,11-13H2,1H3,(H,22,26)(H,23,24). The van der Waals surface area contributed by atoms with E-state index in [1.807, 2.05) is 6.92 Å². The Hall–Kier alpha value is -1.93. The lowest BCUT2D eigenvalue weighted by Gasteiger charge is -2.14. The molecule has 1 atom stereocenters. The van der Waals surface area contributed by atoms with Crippen molar-refractivity contribution < 1.29 is 9.18 Å². The van der Waals surface area contributed by atoms with Gasteiger partial charge in [0, 0.05) is 13.1 Å². The monoisotopic (exact) mass is 420 g/mol. The Bertz CT molecular complexity index is 807. The number of anilines is 1. The zero-order valence-corrected chi connectivity index (χ0v) is 17.5. The molecule has 2 aromatic rings. The smallest absolute Gasteiger partial charge is 0.233 e. The van der Waals surface area contributed by atoms with Crippen molar-refractivity contribution in [2.24, 2.45) is 0 Å². The SMILES string of the molecule is CC(Sc1nnc(NCc2ccc(F)cc2)s1)C(=O)NCCC1=CCCCC1. The first-order valence-electron chi connectivity index (χ1n) is 9.54. The second-order valence-electron chi connectivity index (χ2n) is 6.76. The number of nitrogens with zero attached hydrogens (tertiary/aromatic N) is 2. The molecule has 28 heavy (non-hydrogen) atoms. The van der Waals surface area contributed by atoms with E-state index in [4.69, 9.17) is 0 Å². The van der Waals surface area contributed by atoms with E-state index in [9.17, 15) is 9.18 Å². The van der Waals surface area contributed by atoms with Crippen molar-refractivity contribution in [1.82, 2.24) is 15.5 Å². The molecule has 0 fully saturated rings. The molecule has 150 valence electrons. The third-order valence-corrected chi connectivity index (χ3v) is 6.61. The summed E-state index contributed by atoms with van der Waals surface area (Å²) in [5.41, 5.74) is 2.43. The molecular formula is C20H25FN4OS2. The van der Waals surface area contributed by atoms with Crippen LogP contribution >= 0.6 is 23.1 Å². The van der Waals surface area contributed by atoms with Crippen LogP contribution in [0.3, 0.4) is 0 Å². The van der Waals surface area contributed by atoms with E-state index in [1.165, 1.54) is 66.5 Å². The van der Waals surface area contributed by atoms with Gasteiger partial charge in [-0.3, -0.25) is 4.79 Å². The molecule has 0 bridgehead atoms. The second kappa shape index (κ2) is 10.6. The predicted octanol–water partition coefficient (Wildman–Crippen LogP) is 4.78. The molecule has 0 saturated heterocycles. The third kappa shape index (κ3) is 6.60. The highest BCUT2D eigenvalue weighted by atomic mass is 32.2. The van der Waals surface area contributed by atoms with Crippen molar-refractivity contribution in [1.29, 1.82) is 0 Å². The number of aromatic nitrogens is 2. The maximum absolute atomic E-state index is 12.9. The average molecular weight is 421 g/mol. The number of carbonyl (C=O) groups excluding carboxylic acids is 1. The van der Waals surface area contributed by atoms with Crippen molar-refractivity contribution in [3.05, 3.63) is 47.3 Å². The van der Waals surface area contributed by atoms with E-state index in [0.29, 0.717) is 18.2 Å². The van der Waals surface area contributed by atoms with E-state index < -0.39 is 0 Å². The van der Waals surface area contributed by atoms with E-state index >= 15 is 0 Å². The van der Waals surface area contributed by atoms with Gasteiger partial charge in [-0.15, -0.1) is 10.2 Å². The number of nitrogens with one attached hydrogen (secondary N) is 2. The number of carbonyl (C=O) groups is 1. The molecule has 0 aliphatic heterocycles. The number of rotatable bonds is 9. The molecule has 1 heterocycles. The lowest BCUT2D eigenvalue weighted by Crippen LogP contribution is -2.31. The first kappa shape index (κ1) is 20.8. The highest BCUT2D eigenvalue weighted by Crippen LogP contribution is 2.29. The topological polar surface area (TPSA) is 66.9 Å². The lowest BCUT2D eigenvalue weighted by molar-refractivity contribution is -0.120. The zero-order valence-electron chi connectivity index (χ0n) is 15.9. The molecule has 8 heteroatoms. The molecule has 5 nitrogen and oxygen atoms in total. The fraction of sp³-hybridized carbons (Fsp3) is 0.450. The molecule has 0 spiro atoms. The van der Waals surface area contributed by atoms with Crippen LogP contribution in [0.2, 0.25) is 0 Å². The Kier molecular flexibility index (Phi) is 7.85. The number of allylic oxidation sites excluding steroid dienone is 1. The molecule has 3 rings (SSSR count). The average Bonchev–Trinajstić information content (AvgIpc) is 3.15. The van der Waals surface area contributed by atoms with Crippen molar-refractivity contribution in [3.63, 3.8) is 0 Å². The van der Waals surface area contributed by atoms with Crippen LogP contribution in [0.4, 0.5) is 9.52 Å². The zero-order chi connectivity index (χ0) is 19.8. The van der Waals surface area contributed by atoms with E-state index in [0.717, 1.165) is 16.3 Å². The minimum Gasteiger partial charge on any atom is -0.356 e. The number of hydrogen-bond donors (Lipinski definition) is 2. The van der Waals surface area contributed by atoms with Crippen molar-refractivity contribution in [3.8, 4) is 0 Å². The van der Waals surface area contributed by atoms with Gasteiger partial charge in [0.25, 0.3) is 0 Å². The van der Waals surface area contributed by atoms with Crippen molar-refractivity contribution >= 4 is 34.1 Å². The summed E-state index contributed by atoms with van der Waals surface area (Å²) in [5, 5.41) is 14.9. The van der Waals surface area contributed by atoms with Crippen LogP contribution in [0.1, 0.15) is 44.6 Å². The number of hydrogen-bond acceptors (Lipinski definition) is 6. The van der Waals surface area contributed by atoms with Gasteiger partial charge in [-0.05, 0) is 56.7 Å². The Labute approximate surface area is 173 Å². The van der Waals surface area contributed by atoms with Crippen LogP contribution in [0.15, 0.2) is 40.3 Å². The molecule has 1 aromatic heterocycles. The van der Waals surface area contributed by atoms with Crippen molar-refractivity contribution in [2.45, 2.75) is 55.2 Å². The normalized spacial score (nSPS) is 15.0. The minimum absolute atomic E-state index is 0.0254. The van der Waals surface area contributed by atoms with Gasteiger partial charge >= 0.3 is 0 Å². The summed E-state index contributed by atoms with van der Waals surface area (Å²) in [5.74, 6) is -0.224. The molecule has 1 aromatic carbocycles. The third-order valence-electron chi connectivity index (χ3n) is 4.54. The molecule has 1 unspecified atom stereocenters. The second-order valence-corrected chi connectivity index (χ2v) is 9.33. The largest absolute Gasteiger partial charge is 0.356 e. The highest BCUT2D eigenvalue weighted by Gasteiger charge is 2.17. The summed E-state index contributed by atoms with van der Waals surface area (Å²) in [4.78, 5) is 12.3. The molecule has 0 saturated carbocycles. The van der Waals surface area contributed by atoms with Gasteiger partial charge in [0.05, 0.1) is 5.25 Å².